The minimum absolute atomic E-state index is 0.598. The molecule has 53 heavy (non-hydrogen) atoms. The minimum atomic E-state index is 0.598. The number of hydrogen-bond acceptors (Lipinski definition) is 4. The molecule has 0 aliphatic rings. The Labute approximate surface area is 306 Å². The quantitative estimate of drug-likeness (QED) is 0.176. The van der Waals surface area contributed by atoms with Crippen molar-refractivity contribution < 1.29 is 4.42 Å². The zero-order valence-corrected chi connectivity index (χ0v) is 28.6. The van der Waals surface area contributed by atoms with Crippen molar-refractivity contribution >= 4 is 32.7 Å². The maximum Gasteiger partial charge on any atom is 0.164 e. The van der Waals surface area contributed by atoms with Gasteiger partial charge < -0.3 is 4.42 Å². The van der Waals surface area contributed by atoms with Crippen LogP contribution in [-0.2, 0) is 0 Å². The molecule has 0 aliphatic carbocycles. The van der Waals surface area contributed by atoms with Gasteiger partial charge in [0.05, 0.1) is 0 Å². The summed E-state index contributed by atoms with van der Waals surface area (Å²) in [7, 11) is 0. The summed E-state index contributed by atoms with van der Waals surface area (Å²) in [6, 6.07) is 65.2. The van der Waals surface area contributed by atoms with Gasteiger partial charge in [0.25, 0.3) is 0 Å². The van der Waals surface area contributed by atoms with Gasteiger partial charge >= 0.3 is 0 Å². The lowest BCUT2D eigenvalue weighted by molar-refractivity contribution is 0.669. The van der Waals surface area contributed by atoms with E-state index >= 15 is 0 Å². The van der Waals surface area contributed by atoms with E-state index in [1.165, 1.54) is 27.5 Å². The van der Waals surface area contributed by atoms with E-state index in [-0.39, 0.29) is 0 Å². The maximum absolute atomic E-state index is 6.51. The van der Waals surface area contributed by atoms with Crippen molar-refractivity contribution in [1.82, 2.24) is 15.0 Å². The third-order valence-electron chi connectivity index (χ3n) is 9.97. The van der Waals surface area contributed by atoms with Crippen LogP contribution in [0, 0.1) is 0 Å². The fourth-order valence-corrected chi connectivity index (χ4v) is 7.30. The first-order valence-electron chi connectivity index (χ1n) is 17.8. The van der Waals surface area contributed by atoms with Gasteiger partial charge in [0.15, 0.2) is 17.5 Å². The maximum atomic E-state index is 6.51. The van der Waals surface area contributed by atoms with Crippen LogP contribution in [0.25, 0.3) is 100 Å². The third-order valence-corrected chi connectivity index (χ3v) is 9.97. The molecule has 0 fully saturated rings. The normalized spacial score (nSPS) is 11.4. The summed E-state index contributed by atoms with van der Waals surface area (Å²) in [4.78, 5) is 15.2. The summed E-state index contributed by atoms with van der Waals surface area (Å²) < 4.78 is 6.51. The van der Waals surface area contributed by atoms with Gasteiger partial charge in [-0.05, 0) is 62.4 Å². The van der Waals surface area contributed by atoms with E-state index in [1.54, 1.807) is 0 Å². The predicted molar refractivity (Wildman–Crippen MR) is 217 cm³/mol. The van der Waals surface area contributed by atoms with E-state index in [4.69, 9.17) is 19.4 Å². The van der Waals surface area contributed by atoms with Gasteiger partial charge in [0.1, 0.15) is 11.2 Å². The minimum Gasteiger partial charge on any atom is -0.456 e. The number of aromatic nitrogens is 3. The number of furan rings is 1. The van der Waals surface area contributed by atoms with Crippen LogP contribution in [0.5, 0.6) is 0 Å². The highest BCUT2D eigenvalue weighted by atomic mass is 16.3. The molecule has 0 unspecified atom stereocenters. The molecule has 0 saturated heterocycles. The van der Waals surface area contributed by atoms with Crippen molar-refractivity contribution in [1.29, 1.82) is 0 Å². The van der Waals surface area contributed by atoms with Gasteiger partial charge in [-0.3, -0.25) is 0 Å². The molecule has 0 aliphatic heterocycles. The number of hydrogen-bond donors (Lipinski definition) is 0. The Bertz CT molecular complexity index is 2910. The van der Waals surface area contributed by atoms with Crippen LogP contribution in [0.1, 0.15) is 0 Å². The van der Waals surface area contributed by atoms with Crippen LogP contribution in [0.2, 0.25) is 0 Å². The molecule has 4 nitrogen and oxygen atoms in total. The molecule has 0 radical (unpaired) electrons. The molecule has 2 heterocycles. The molecule has 4 heteroatoms. The Morgan fingerprint density at radius 2 is 0.811 bits per heavy atom. The van der Waals surface area contributed by atoms with E-state index in [2.05, 4.69) is 140 Å². The molecule has 0 amide bonds. The SMILES string of the molecule is c1ccc(-c2ccc(-c3ccc4c(c3)oc3cccc(-c5nc(-c6ccccc6)nc(-c6ccc(-c7cccc8ccccc78)cc6)n5)c34)cc2)cc1. The third kappa shape index (κ3) is 5.63. The highest BCUT2D eigenvalue weighted by Crippen LogP contribution is 2.39. The second kappa shape index (κ2) is 12.9. The summed E-state index contributed by atoms with van der Waals surface area (Å²) in [6.45, 7) is 0. The monoisotopic (exact) mass is 677 g/mol. The van der Waals surface area contributed by atoms with Crippen molar-refractivity contribution in [3.63, 3.8) is 0 Å². The Hall–Kier alpha value is -7.17. The van der Waals surface area contributed by atoms with E-state index in [1.807, 2.05) is 48.5 Å². The summed E-state index contributed by atoms with van der Waals surface area (Å²) in [5, 5.41) is 4.45. The average molecular weight is 678 g/mol. The number of fused-ring (bicyclic) bond motifs is 4. The first kappa shape index (κ1) is 30.6. The summed E-state index contributed by atoms with van der Waals surface area (Å²) in [5.41, 5.74) is 11.3. The van der Waals surface area contributed by atoms with Gasteiger partial charge in [-0.25, -0.2) is 15.0 Å². The fourth-order valence-electron chi connectivity index (χ4n) is 7.30. The largest absolute Gasteiger partial charge is 0.456 e. The lowest BCUT2D eigenvalue weighted by Crippen LogP contribution is -2.00. The Kier molecular flexibility index (Phi) is 7.43. The topological polar surface area (TPSA) is 51.8 Å². The fraction of sp³-hybridized carbons (Fsp3) is 0. The highest BCUT2D eigenvalue weighted by molar-refractivity contribution is 6.12. The molecule has 0 atom stereocenters. The van der Waals surface area contributed by atoms with Crippen LogP contribution in [0.15, 0.2) is 192 Å². The molecule has 248 valence electrons. The first-order valence-corrected chi connectivity index (χ1v) is 17.8. The van der Waals surface area contributed by atoms with Gasteiger partial charge in [0.2, 0.25) is 0 Å². The summed E-state index contributed by atoms with van der Waals surface area (Å²) >= 11 is 0. The van der Waals surface area contributed by atoms with Crippen molar-refractivity contribution in [3.05, 3.63) is 188 Å². The average Bonchev–Trinajstić information content (AvgIpc) is 3.62. The van der Waals surface area contributed by atoms with Crippen molar-refractivity contribution in [3.8, 4) is 67.5 Å². The number of nitrogens with zero attached hydrogens (tertiary/aromatic N) is 3. The Balaban J connectivity index is 1.06. The number of benzene rings is 8. The first-order chi connectivity index (χ1) is 26.2. The molecule has 2 aromatic heterocycles. The lowest BCUT2D eigenvalue weighted by atomic mass is 9.97. The zero-order chi connectivity index (χ0) is 35.1. The second-order valence-electron chi connectivity index (χ2n) is 13.2. The van der Waals surface area contributed by atoms with Gasteiger partial charge in [-0.2, -0.15) is 0 Å². The second-order valence-corrected chi connectivity index (χ2v) is 13.2. The number of rotatable bonds is 6. The Morgan fingerprint density at radius 1 is 0.302 bits per heavy atom. The smallest absolute Gasteiger partial charge is 0.164 e. The van der Waals surface area contributed by atoms with Crippen LogP contribution >= 0.6 is 0 Å². The Morgan fingerprint density at radius 3 is 1.57 bits per heavy atom. The zero-order valence-electron chi connectivity index (χ0n) is 28.6. The molecule has 0 saturated carbocycles. The van der Waals surface area contributed by atoms with E-state index in [0.29, 0.717) is 17.5 Å². The lowest BCUT2D eigenvalue weighted by Gasteiger charge is -2.10. The van der Waals surface area contributed by atoms with Crippen LogP contribution < -0.4 is 0 Å². The summed E-state index contributed by atoms with van der Waals surface area (Å²) in [5.74, 6) is 1.83. The van der Waals surface area contributed by atoms with E-state index < -0.39 is 0 Å². The standard InChI is InChI=1S/C49H31N3O/c1-3-11-32(12-4-1)33-21-23-34(24-22-33)39-29-30-42-45(31-39)53-44-20-10-19-43(46(42)44)49-51-47(37-14-5-2-6-15-37)50-48(52-49)38-27-25-36(26-28-38)41-18-9-16-35-13-7-8-17-40(35)41/h1-31H. The van der Waals surface area contributed by atoms with E-state index in [0.717, 1.165) is 55.3 Å². The predicted octanol–water partition coefficient (Wildman–Crippen LogP) is 12.9. The van der Waals surface area contributed by atoms with E-state index in [9.17, 15) is 0 Å². The van der Waals surface area contributed by atoms with Crippen molar-refractivity contribution in [2.24, 2.45) is 0 Å². The van der Waals surface area contributed by atoms with Crippen molar-refractivity contribution in [2.75, 3.05) is 0 Å². The molecule has 0 spiro atoms. The van der Waals surface area contributed by atoms with Crippen LogP contribution in [0.4, 0.5) is 0 Å². The summed E-state index contributed by atoms with van der Waals surface area (Å²) in [6.07, 6.45) is 0. The highest BCUT2D eigenvalue weighted by Gasteiger charge is 2.18. The molecule has 0 N–H and O–H groups in total. The van der Waals surface area contributed by atoms with Gasteiger partial charge in [-0.1, -0.05) is 170 Å². The van der Waals surface area contributed by atoms with Crippen LogP contribution in [-0.4, -0.2) is 15.0 Å². The van der Waals surface area contributed by atoms with Crippen LogP contribution in [0.3, 0.4) is 0 Å². The van der Waals surface area contributed by atoms with Gasteiger partial charge in [0, 0.05) is 27.5 Å². The van der Waals surface area contributed by atoms with Crippen molar-refractivity contribution in [2.45, 2.75) is 0 Å². The molecular weight excluding hydrogens is 647 g/mol. The molecule has 8 aromatic carbocycles. The van der Waals surface area contributed by atoms with Gasteiger partial charge in [-0.15, -0.1) is 0 Å². The molecule has 10 rings (SSSR count). The molecule has 0 bridgehead atoms. The molecule has 10 aromatic rings. The molecular formula is C49H31N3O.